The summed E-state index contributed by atoms with van der Waals surface area (Å²) in [6, 6.07) is 13.6. The molecule has 10 nitrogen and oxygen atoms in total. The third-order valence-electron chi connectivity index (χ3n) is 5.91. The van der Waals surface area contributed by atoms with Gasteiger partial charge in [0.15, 0.2) is 0 Å². The summed E-state index contributed by atoms with van der Waals surface area (Å²) in [7, 11) is 0. The van der Waals surface area contributed by atoms with Crippen LogP contribution in [0, 0.1) is 6.92 Å². The molecule has 2 aromatic carbocycles. The maximum absolute atomic E-state index is 12.3. The highest BCUT2D eigenvalue weighted by atomic mass is 16.5. The molecule has 1 aliphatic heterocycles. The first kappa shape index (κ1) is 21.1. The van der Waals surface area contributed by atoms with Crippen molar-refractivity contribution < 1.29 is 14.6 Å². The van der Waals surface area contributed by atoms with Gasteiger partial charge in [0.1, 0.15) is 24.7 Å². The topological polar surface area (TPSA) is 124 Å². The number of aryl methyl sites for hydroxylation is 1. The largest absolute Gasteiger partial charge is 0.487 e. The average molecular weight is 449 g/mol. The lowest BCUT2D eigenvalue weighted by Crippen LogP contribution is -2.33. The molecule has 0 unspecified atom stereocenters. The normalized spacial score (nSPS) is 20.4. The van der Waals surface area contributed by atoms with Crippen LogP contribution in [0.4, 0.5) is 0 Å². The van der Waals surface area contributed by atoms with Gasteiger partial charge in [0, 0.05) is 18.2 Å². The number of aliphatic hydroxyl groups is 1. The Hall–Kier alpha value is -3.76. The van der Waals surface area contributed by atoms with Crippen LogP contribution in [0.3, 0.4) is 0 Å². The van der Waals surface area contributed by atoms with E-state index in [0.717, 1.165) is 16.5 Å². The fourth-order valence-electron chi connectivity index (χ4n) is 4.17. The van der Waals surface area contributed by atoms with E-state index in [1.165, 1.54) is 10.8 Å². The minimum atomic E-state index is -0.659. The van der Waals surface area contributed by atoms with E-state index in [2.05, 4.69) is 15.3 Å². The first-order valence-electron chi connectivity index (χ1n) is 10.6. The zero-order valence-corrected chi connectivity index (χ0v) is 17.9. The van der Waals surface area contributed by atoms with Crippen molar-refractivity contribution in [2.24, 2.45) is 0 Å². The second kappa shape index (κ2) is 8.64. The number of H-pyrrole nitrogens is 1. The Morgan fingerprint density at radius 2 is 2.03 bits per heavy atom. The van der Waals surface area contributed by atoms with Crippen molar-refractivity contribution in [2.45, 2.75) is 38.3 Å². The molecule has 1 fully saturated rings. The first-order chi connectivity index (χ1) is 16.0. The molecule has 4 aromatic rings. The Labute approximate surface area is 188 Å². The summed E-state index contributed by atoms with van der Waals surface area (Å²) in [4.78, 5) is 26.3. The zero-order chi connectivity index (χ0) is 22.9. The summed E-state index contributed by atoms with van der Waals surface area (Å²) >= 11 is 0. The van der Waals surface area contributed by atoms with E-state index in [-0.39, 0.29) is 19.3 Å². The van der Waals surface area contributed by atoms with Gasteiger partial charge < -0.3 is 14.6 Å². The SMILES string of the molecule is Cc1cn([C@H]2C[C@H](n3nncc3COc3ccc4ccccc4c3)[C@@H](CO)O2)c(=O)[nH]c1=O. The summed E-state index contributed by atoms with van der Waals surface area (Å²) in [6.45, 7) is 1.58. The molecule has 0 radical (unpaired) electrons. The van der Waals surface area contributed by atoms with Crippen LogP contribution in [-0.2, 0) is 11.3 Å². The van der Waals surface area contributed by atoms with Crippen molar-refractivity contribution in [3.63, 3.8) is 0 Å². The van der Waals surface area contributed by atoms with Gasteiger partial charge in [-0.3, -0.25) is 14.3 Å². The lowest BCUT2D eigenvalue weighted by atomic mass is 10.1. The van der Waals surface area contributed by atoms with Gasteiger partial charge in [0.05, 0.1) is 24.5 Å². The quantitative estimate of drug-likeness (QED) is 0.459. The number of hydrogen-bond acceptors (Lipinski definition) is 7. The van der Waals surface area contributed by atoms with Gasteiger partial charge in [-0.15, -0.1) is 5.10 Å². The van der Waals surface area contributed by atoms with Crippen molar-refractivity contribution in [2.75, 3.05) is 6.61 Å². The molecular weight excluding hydrogens is 426 g/mol. The fourth-order valence-corrected chi connectivity index (χ4v) is 4.17. The molecule has 3 atom stereocenters. The molecule has 170 valence electrons. The van der Waals surface area contributed by atoms with Crippen LogP contribution in [0.25, 0.3) is 10.8 Å². The Balaban J connectivity index is 1.36. The minimum Gasteiger partial charge on any atom is -0.487 e. The van der Waals surface area contributed by atoms with E-state index in [1.807, 2.05) is 42.5 Å². The molecule has 0 aliphatic carbocycles. The second-order valence-corrected chi connectivity index (χ2v) is 8.06. The van der Waals surface area contributed by atoms with Crippen LogP contribution >= 0.6 is 0 Å². The van der Waals surface area contributed by atoms with E-state index in [0.29, 0.717) is 17.7 Å². The monoisotopic (exact) mass is 449 g/mol. The van der Waals surface area contributed by atoms with E-state index in [4.69, 9.17) is 9.47 Å². The predicted octanol–water partition coefficient (Wildman–Crippen LogP) is 1.69. The van der Waals surface area contributed by atoms with Crippen LogP contribution in [0.2, 0.25) is 0 Å². The van der Waals surface area contributed by atoms with Gasteiger partial charge in [0.25, 0.3) is 5.56 Å². The number of aliphatic hydroxyl groups excluding tert-OH is 1. The maximum atomic E-state index is 12.3. The van der Waals surface area contributed by atoms with Crippen LogP contribution in [0.5, 0.6) is 5.75 Å². The van der Waals surface area contributed by atoms with E-state index >= 15 is 0 Å². The second-order valence-electron chi connectivity index (χ2n) is 8.06. The number of nitrogens with one attached hydrogen (secondary N) is 1. The highest BCUT2D eigenvalue weighted by Gasteiger charge is 2.39. The number of ether oxygens (including phenoxy) is 2. The van der Waals surface area contributed by atoms with Gasteiger partial charge in [-0.25, -0.2) is 9.48 Å². The van der Waals surface area contributed by atoms with Crippen molar-refractivity contribution in [1.82, 2.24) is 24.5 Å². The van der Waals surface area contributed by atoms with Crippen molar-refractivity contribution in [3.05, 3.63) is 87.0 Å². The molecule has 0 saturated carbocycles. The number of aromatic nitrogens is 5. The molecule has 33 heavy (non-hydrogen) atoms. The summed E-state index contributed by atoms with van der Waals surface area (Å²) in [5.41, 5.74) is 0.105. The van der Waals surface area contributed by atoms with E-state index in [1.54, 1.807) is 17.8 Å². The van der Waals surface area contributed by atoms with Crippen molar-refractivity contribution in [1.29, 1.82) is 0 Å². The Morgan fingerprint density at radius 3 is 2.85 bits per heavy atom. The van der Waals surface area contributed by atoms with Gasteiger partial charge in [-0.05, 0) is 29.8 Å². The van der Waals surface area contributed by atoms with Crippen LogP contribution in [-0.4, -0.2) is 42.4 Å². The molecule has 1 aliphatic rings. The molecule has 2 aromatic heterocycles. The van der Waals surface area contributed by atoms with Gasteiger partial charge in [0.2, 0.25) is 0 Å². The number of aromatic amines is 1. The first-order valence-corrected chi connectivity index (χ1v) is 10.6. The number of fused-ring (bicyclic) bond motifs is 1. The third-order valence-corrected chi connectivity index (χ3v) is 5.91. The molecule has 3 heterocycles. The van der Waals surface area contributed by atoms with Crippen LogP contribution in [0.1, 0.15) is 29.9 Å². The standard InChI is InChI=1S/C23H23N5O5/c1-14-11-27(23(31)25-22(14)30)21-9-19(20(12-29)33-21)28-17(10-24-26-28)13-32-18-7-6-15-4-2-3-5-16(15)8-18/h2-8,10-11,19-21,29H,9,12-13H2,1H3,(H,25,30,31)/t19-,20+,21+/m0/s1. The van der Waals surface area contributed by atoms with Gasteiger partial charge in [-0.1, -0.05) is 35.5 Å². The van der Waals surface area contributed by atoms with Gasteiger partial charge in [-0.2, -0.15) is 0 Å². The maximum Gasteiger partial charge on any atom is 0.330 e. The summed E-state index contributed by atoms with van der Waals surface area (Å²) in [6.07, 6.45) is 2.18. The predicted molar refractivity (Wildman–Crippen MR) is 119 cm³/mol. The average Bonchev–Trinajstić information content (AvgIpc) is 3.46. The van der Waals surface area contributed by atoms with Crippen LogP contribution in [0.15, 0.2) is 64.4 Å². The number of nitrogens with zero attached hydrogens (tertiary/aromatic N) is 4. The molecule has 0 amide bonds. The molecule has 0 spiro atoms. The van der Waals surface area contributed by atoms with Crippen molar-refractivity contribution >= 4 is 10.8 Å². The lowest BCUT2D eigenvalue weighted by molar-refractivity contribution is -0.0326. The molecule has 10 heteroatoms. The smallest absolute Gasteiger partial charge is 0.330 e. The Kier molecular flexibility index (Phi) is 5.53. The van der Waals surface area contributed by atoms with Gasteiger partial charge >= 0.3 is 5.69 Å². The Bertz CT molecular complexity index is 1410. The lowest BCUT2D eigenvalue weighted by Gasteiger charge is -2.18. The highest BCUT2D eigenvalue weighted by molar-refractivity contribution is 5.83. The highest BCUT2D eigenvalue weighted by Crippen LogP contribution is 2.36. The molecule has 2 N–H and O–H groups in total. The van der Waals surface area contributed by atoms with E-state index in [9.17, 15) is 14.7 Å². The van der Waals surface area contributed by atoms with Crippen LogP contribution < -0.4 is 16.0 Å². The minimum absolute atomic E-state index is 0.225. The third kappa shape index (κ3) is 4.06. The van der Waals surface area contributed by atoms with E-state index < -0.39 is 23.6 Å². The summed E-state index contributed by atoms with van der Waals surface area (Å²) < 4.78 is 14.9. The Morgan fingerprint density at radius 1 is 1.21 bits per heavy atom. The number of benzene rings is 2. The summed E-state index contributed by atoms with van der Waals surface area (Å²) in [5.74, 6) is 0.718. The molecule has 0 bridgehead atoms. The zero-order valence-electron chi connectivity index (χ0n) is 17.9. The number of hydrogen-bond donors (Lipinski definition) is 2. The molecular formula is C23H23N5O5. The summed E-state index contributed by atoms with van der Waals surface area (Å²) in [5, 5.41) is 20.3. The van der Waals surface area contributed by atoms with Crippen molar-refractivity contribution in [3.8, 4) is 5.75 Å². The molecule has 5 rings (SSSR count). The molecule has 1 saturated heterocycles. The fraction of sp³-hybridized carbons (Fsp3) is 0.304. The number of rotatable bonds is 6.